The van der Waals surface area contributed by atoms with Gasteiger partial charge in [-0.25, -0.2) is 13.1 Å². The van der Waals surface area contributed by atoms with Gasteiger partial charge in [0.2, 0.25) is 10.0 Å². The molecule has 0 bridgehead atoms. The lowest BCUT2D eigenvalue weighted by Crippen LogP contribution is -2.18. The minimum atomic E-state index is -3.44. The summed E-state index contributed by atoms with van der Waals surface area (Å²) in [4.78, 5) is 10.3. The highest BCUT2D eigenvalue weighted by Crippen LogP contribution is 2.23. The Morgan fingerprint density at radius 2 is 1.95 bits per heavy atom. The molecule has 9 heteroatoms. The average molecular weight is 327 g/mol. The Hall–Kier alpha value is -1.97. The number of benzene rings is 1. The van der Waals surface area contributed by atoms with Crippen LogP contribution >= 0.6 is 11.3 Å². The highest BCUT2D eigenvalue weighted by atomic mass is 32.2. The highest BCUT2D eigenvalue weighted by molar-refractivity contribution is 7.89. The van der Waals surface area contributed by atoms with E-state index in [-0.39, 0.29) is 9.90 Å². The molecule has 1 heterocycles. The van der Waals surface area contributed by atoms with Crippen LogP contribution in [-0.2, 0) is 16.6 Å². The lowest BCUT2D eigenvalue weighted by Gasteiger charge is -2.06. The van der Waals surface area contributed by atoms with E-state index in [0.717, 1.165) is 22.6 Å². The van der Waals surface area contributed by atoms with Gasteiger partial charge in [0.05, 0.1) is 9.82 Å². The number of nitro groups is 1. The molecule has 1 aromatic carbocycles. The third-order valence-electron chi connectivity index (χ3n) is 2.75. The van der Waals surface area contributed by atoms with Gasteiger partial charge >= 0.3 is 5.00 Å². The van der Waals surface area contributed by atoms with Gasteiger partial charge in [-0.2, -0.15) is 0 Å². The van der Waals surface area contributed by atoms with Crippen molar-refractivity contribution in [3.8, 4) is 0 Å². The van der Waals surface area contributed by atoms with Crippen molar-refractivity contribution >= 4 is 32.0 Å². The Labute approximate surface area is 125 Å². The van der Waals surface area contributed by atoms with Crippen molar-refractivity contribution in [3.63, 3.8) is 0 Å². The van der Waals surface area contributed by atoms with Crippen LogP contribution in [0, 0.1) is 10.1 Å². The maximum absolute atomic E-state index is 11.6. The second-order valence-corrected chi connectivity index (χ2v) is 6.91. The Morgan fingerprint density at radius 3 is 2.48 bits per heavy atom. The predicted molar refractivity (Wildman–Crippen MR) is 81.0 cm³/mol. The molecule has 0 saturated heterocycles. The summed E-state index contributed by atoms with van der Waals surface area (Å²) in [5, 5.41) is 15.5. The van der Waals surface area contributed by atoms with E-state index in [9.17, 15) is 18.5 Å². The Morgan fingerprint density at radius 1 is 1.29 bits per heavy atom. The molecule has 0 spiro atoms. The van der Waals surface area contributed by atoms with Crippen LogP contribution in [0.25, 0.3) is 0 Å². The third kappa shape index (κ3) is 3.78. The second kappa shape index (κ2) is 6.20. The first-order valence-corrected chi connectivity index (χ1v) is 8.28. The van der Waals surface area contributed by atoms with E-state index in [0.29, 0.717) is 6.54 Å². The summed E-state index contributed by atoms with van der Waals surface area (Å²) in [6.45, 7) is 0.433. The molecule has 0 atom stereocenters. The fourth-order valence-electron chi connectivity index (χ4n) is 1.63. The molecular formula is C12H13N3O4S2. The summed E-state index contributed by atoms with van der Waals surface area (Å²) in [5.41, 5.74) is 1.54. The topological polar surface area (TPSA) is 101 Å². The maximum Gasteiger partial charge on any atom is 0.324 e. The first kappa shape index (κ1) is 15.4. The number of sulfonamides is 1. The summed E-state index contributed by atoms with van der Waals surface area (Å²) in [6.07, 6.45) is 0. The molecule has 7 nitrogen and oxygen atoms in total. The standard InChI is InChI=1S/C12H13N3O4S2/c1-13-21(18,19)11-4-2-10(3-5-11)14-7-9-6-12(15(16)17)20-8-9/h2-6,8,13-14H,7H2,1H3. The number of rotatable bonds is 6. The molecule has 2 rings (SSSR count). The van der Waals surface area contributed by atoms with E-state index < -0.39 is 14.9 Å². The molecule has 0 radical (unpaired) electrons. The zero-order valence-electron chi connectivity index (χ0n) is 11.1. The van der Waals surface area contributed by atoms with Crippen molar-refractivity contribution in [3.05, 3.63) is 51.4 Å². The third-order valence-corrected chi connectivity index (χ3v) is 5.11. The molecule has 0 aliphatic rings. The van der Waals surface area contributed by atoms with E-state index in [2.05, 4.69) is 10.0 Å². The fraction of sp³-hybridized carbons (Fsp3) is 0.167. The number of hydrogen-bond donors (Lipinski definition) is 2. The molecule has 2 aromatic rings. The Kier molecular flexibility index (Phi) is 4.56. The van der Waals surface area contributed by atoms with Crippen molar-refractivity contribution < 1.29 is 13.3 Å². The average Bonchev–Trinajstić information content (AvgIpc) is 2.95. The highest BCUT2D eigenvalue weighted by Gasteiger charge is 2.11. The molecule has 0 aliphatic carbocycles. The van der Waals surface area contributed by atoms with E-state index in [1.165, 1.54) is 25.2 Å². The van der Waals surface area contributed by atoms with Gasteiger partial charge in [0.25, 0.3) is 0 Å². The summed E-state index contributed by atoms with van der Waals surface area (Å²) >= 11 is 1.07. The van der Waals surface area contributed by atoms with Crippen LogP contribution < -0.4 is 10.0 Å². The number of anilines is 1. The van der Waals surface area contributed by atoms with Crippen LogP contribution in [0.4, 0.5) is 10.7 Å². The zero-order chi connectivity index (χ0) is 15.5. The van der Waals surface area contributed by atoms with Crippen molar-refractivity contribution in [1.82, 2.24) is 4.72 Å². The van der Waals surface area contributed by atoms with E-state index in [4.69, 9.17) is 0 Å². The van der Waals surface area contributed by atoms with Crippen LogP contribution in [-0.4, -0.2) is 20.4 Å². The minimum absolute atomic E-state index is 0.0993. The number of hydrogen-bond acceptors (Lipinski definition) is 6. The van der Waals surface area contributed by atoms with Crippen molar-refractivity contribution in [2.45, 2.75) is 11.4 Å². The smallest absolute Gasteiger partial charge is 0.324 e. The summed E-state index contributed by atoms with van der Waals surface area (Å²) in [7, 11) is -2.09. The fourth-order valence-corrected chi connectivity index (χ4v) is 3.08. The molecule has 0 unspecified atom stereocenters. The Balaban J connectivity index is 2.02. The second-order valence-electron chi connectivity index (χ2n) is 4.14. The molecule has 1 aromatic heterocycles. The van der Waals surface area contributed by atoms with Gasteiger partial charge in [0.1, 0.15) is 0 Å². The largest absolute Gasteiger partial charge is 0.381 e. The lowest BCUT2D eigenvalue weighted by molar-refractivity contribution is -0.380. The van der Waals surface area contributed by atoms with E-state index in [1.54, 1.807) is 17.5 Å². The SMILES string of the molecule is CNS(=O)(=O)c1ccc(NCc2csc([N+](=O)[O-])c2)cc1. The number of nitrogens with one attached hydrogen (secondary N) is 2. The lowest BCUT2D eigenvalue weighted by atomic mass is 10.3. The molecule has 0 aliphatic heterocycles. The van der Waals surface area contributed by atoms with Crippen LogP contribution in [0.2, 0.25) is 0 Å². The van der Waals surface area contributed by atoms with Crippen LogP contribution in [0.3, 0.4) is 0 Å². The summed E-state index contributed by atoms with van der Waals surface area (Å²) in [5.74, 6) is 0. The van der Waals surface area contributed by atoms with Gasteiger partial charge in [-0.15, -0.1) is 0 Å². The maximum atomic E-state index is 11.6. The molecule has 0 fully saturated rings. The van der Waals surface area contributed by atoms with Gasteiger partial charge in [-0.1, -0.05) is 11.3 Å². The van der Waals surface area contributed by atoms with Crippen LogP contribution in [0.15, 0.2) is 40.6 Å². The molecule has 2 N–H and O–H groups in total. The predicted octanol–water partition coefficient (Wildman–Crippen LogP) is 2.18. The van der Waals surface area contributed by atoms with Gasteiger partial charge in [0.15, 0.2) is 0 Å². The molecule has 112 valence electrons. The minimum Gasteiger partial charge on any atom is -0.381 e. The quantitative estimate of drug-likeness (QED) is 0.625. The van der Waals surface area contributed by atoms with Crippen LogP contribution in [0.5, 0.6) is 0 Å². The van der Waals surface area contributed by atoms with Gasteiger partial charge in [-0.05, 0) is 36.9 Å². The monoisotopic (exact) mass is 327 g/mol. The normalized spacial score (nSPS) is 11.3. The molecule has 0 saturated carbocycles. The molecular weight excluding hydrogens is 314 g/mol. The van der Waals surface area contributed by atoms with Crippen LogP contribution in [0.1, 0.15) is 5.56 Å². The Bertz CT molecular complexity index is 738. The summed E-state index contributed by atoms with van der Waals surface area (Å²) < 4.78 is 25.4. The van der Waals surface area contributed by atoms with Crippen molar-refractivity contribution in [2.75, 3.05) is 12.4 Å². The summed E-state index contributed by atoms with van der Waals surface area (Å²) in [6, 6.07) is 7.78. The first-order valence-electron chi connectivity index (χ1n) is 5.91. The first-order chi connectivity index (χ1) is 9.92. The zero-order valence-corrected chi connectivity index (χ0v) is 12.7. The van der Waals surface area contributed by atoms with Crippen molar-refractivity contribution in [2.24, 2.45) is 0 Å². The van der Waals surface area contributed by atoms with Gasteiger partial charge in [0, 0.05) is 23.7 Å². The van der Waals surface area contributed by atoms with E-state index in [1.807, 2.05) is 0 Å². The molecule has 0 amide bonds. The number of thiophene rings is 1. The van der Waals surface area contributed by atoms with Crippen molar-refractivity contribution in [1.29, 1.82) is 0 Å². The van der Waals surface area contributed by atoms with E-state index >= 15 is 0 Å². The van der Waals surface area contributed by atoms with Gasteiger partial charge in [-0.3, -0.25) is 10.1 Å². The van der Waals surface area contributed by atoms with Gasteiger partial charge < -0.3 is 5.32 Å². The molecule has 21 heavy (non-hydrogen) atoms. The number of nitrogens with zero attached hydrogens (tertiary/aromatic N) is 1.